The Labute approximate surface area is 106 Å². The minimum absolute atomic E-state index is 0.0730. The summed E-state index contributed by atoms with van der Waals surface area (Å²) in [6.07, 6.45) is 0. The molecule has 5 heteroatoms. The van der Waals surface area contributed by atoms with Gasteiger partial charge in [0, 0.05) is 0 Å². The number of ether oxygens (including phenoxy) is 1. The van der Waals surface area contributed by atoms with Crippen LogP contribution >= 0.6 is 0 Å². The number of benzene rings is 1. The molecule has 2 aromatic rings. The molecule has 5 nitrogen and oxygen atoms in total. The lowest BCUT2D eigenvalue weighted by atomic mass is 10.2. The molecule has 2 N–H and O–H groups in total. The van der Waals surface area contributed by atoms with E-state index in [1.54, 1.807) is 4.57 Å². The monoisotopic (exact) mass is 247 g/mol. The van der Waals surface area contributed by atoms with Gasteiger partial charge < -0.3 is 10.5 Å². The van der Waals surface area contributed by atoms with E-state index in [1.165, 1.54) is 0 Å². The van der Waals surface area contributed by atoms with Gasteiger partial charge >= 0.3 is 5.97 Å². The number of aromatic nitrogens is 2. The summed E-state index contributed by atoms with van der Waals surface area (Å²) in [5.41, 5.74) is 6.92. The van der Waals surface area contributed by atoms with Gasteiger partial charge in [-0.2, -0.15) is 0 Å². The Balaban J connectivity index is 2.27. The Morgan fingerprint density at radius 3 is 2.72 bits per heavy atom. The molecule has 0 amide bonds. The highest BCUT2D eigenvalue weighted by Gasteiger charge is 2.18. The van der Waals surface area contributed by atoms with Crippen molar-refractivity contribution in [1.29, 1.82) is 0 Å². The summed E-state index contributed by atoms with van der Waals surface area (Å²) >= 11 is 0. The molecule has 96 valence electrons. The Hall–Kier alpha value is -2.04. The van der Waals surface area contributed by atoms with Crippen LogP contribution in [-0.4, -0.2) is 21.1 Å². The van der Waals surface area contributed by atoms with Crippen LogP contribution < -0.4 is 5.73 Å². The second-order valence-electron chi connectivity index (χ2n) is 5.13. The Bertz CT molecular complexity index is 581. The van der Waals surface area contributed by atoms with Crippen molar-refractivity contribution in [1.82, 2.24) is 9.55 Å². The number of carbonyl (C=O) groups is 1. The maximum Gasteiger partial charge on any atom is 0.326 e. The van der Waals surface area contributed by atoms with Gasteiger partial charge in [-0.1, -0.05) is 12.1 Å². The van der Waals surface area contributed by atoms with Crippen molar-refractivity contribution >= 4 is 23.0 Å². The first-order valence-electron chi connectivity index (χ1n) is 5.79. The first-order chi connectivity index (χ1) is 8.37. The molecule has 0 aliphatic heterocycles. The normalized spacial score (nSPS) is 11.7. The van der Waals surface area contributed by atoms with Crippen LogP contribution in [0.4, 0.5) is 5.95 Å². The van der Waals surface area contributed by atoms with Gasteiger partial charge in [0.2, 0.25) is 5.95 Å². The second-order valence-corrected chi connectivity index (χ2v) is 5.13. The number of imidazole rings is 1. The fraction of sp³-hybridized carbons (Fsp3) is 0.385. The van der Waals surface area contributed by atoms with E-state index in [-0.39, 0.29) is 12.5 Å². The Kier molecular flexibility index (Phi) is 2.98. The minimum atomic E-state index is -0.498. The number of carbonyl (C=O) groups excluding carboxylic acids is 1. The molecule has 0 fully saturated rings. The number of esters is 1. The first kappa shape index (κ1) is 12.4. The van der Waals surface area contributed by atoms with Crippen LogP contribution in [0.15, 0.2) is 24.3 Å². The number of hydrogen-bond acceptors (Lipinski definition) is 4. The molecule has 18 heavy (non-hydrogen) atoms. The molecular formula is C13H17N3O2. The summed E-state index contributed by atoms with van der Waals surface area (Å²) in [6.45, 7) is 5.57. The lowest BCUT2D eigenvalue weighted by Crippen LogP contribution is -2.26. The maximum absolute atomic E-state index is 11.8. The van der Waals surface area contributed by atoms with Gasteiger partial charge in [-0.05, 0) is 32.9 Å². The second kappa shape index (κ2) is 4.33. The molecule has 0 radical (unpaired) electrons. The molecule has 1 aromatic carbocycles. The SMILES string of the molecule is CC(C)(C)OC(=O)Cn1c(N)nc2ccccc21. The summed E-state index contributed by atoms with van der Waals surface area (Å²) in [6, 6.07) is 7.50. The van der Waals surface area contributed by atoms with Crippen LogP contribution in [0.1, 0.15) is 20.8 Å². The van der Waals surface area contributed by atoms with Crippen LogP contribution in [-0.2, 0) is 16.1 Å². The third-order valence-corrected chi connectivity index (χ3v) is 2.39. The zero-order chi connectivity index (χ0) is 13.3. The Morgan fingerprint density at radius 1 is 1.39 bits per heavy atom. The quantitative estimate of drug-likeness (QED) is 0.823. The smallest absolute Gasteiger partial charge is 0.326 e. The summed E-state index contributed by atoms with van der Waals surface area (Å²) < 4.78 is 6.93. The van der Waals surface area contributed by atoms with E-state index in [4.69, 9.17) is 10.5 Å². The maximum atomic E-state index is 11.8. The highest BCUT2D eigenvalue weighted by molar-refractivity contribution is 5.81. The van der Waals surface area contributed by atoms with E-state index in [0.717, 1.165) is 11.0 Å². The van der Waals surface area contributed by atoms with Crippen molar-refractivity contribution in [3.63, 3.8) is 0 Å². The number of para-hydroxylation sites is 2. The Morgan fingerprint density at radius 2 is 2.06 bits per heavy atom. The number of nitrogens with two attached hydrogens (primary N) is 1. The standard InChI is InChI=1S/C13H17N3O2/c1-13(2,3)18-11(17)8-16-10-7-5-4-6-9(10)15-12(16)14/h4-7H,8H2,1-3H3,(H2,14,15). The molecule has 0 bridgehead atoms. The van der Waals surface area contributed by atoms with Crippen molar-refractivity contribution in [2.45, 2.75) is 32.9 Å². The van der Waals surface area contributed by atoms with E-state index in [0.29, 0.717) is 5.95 Å². The van der Waals surface area contributed by atoms with Gasteiger partial charge in [0.25, 0.3) is 0 Å². The van der Waals surface area contributed by atoms with Crippen molar-refractivity contribution in [3.05, 3.63) is 24.3 Å². The fourth-order valence-electron chi connectivity index (χ4n) is 1.76. The largest absolute Gasteiger partial charge is 0.459 e. The van der Waals surface area contributed by atoms with Gasteiger partial charge in [0.1, 0.15) is 12.1 Å². The van der Waals surface area contributed by atoms with Crippen molar-refractivity contribution in [2.75, 3.05) is 5.73 Å². The minimum Gasteiger partial charge on any atom is -0.459 e. The van der Waals surface area contributed by atoms with E-state index in [1.807, 2.05) is 45.0 Å². The summed E-state index contributed by atoms with van der Waals surface area (Å²) in [5.74, 6) is -0.000544. The van der Waals surface area contributed by atoms with Crippen molar-refractivity contribution in [3.8, 4) is 0 Å². The predicted octanol–water partition coefficient (Wildman–Crippen LogP) is 1.96. The molecular weight excluding hydrogens is 230 g/mol. The number of nitrogen functional groups attached to an aromatic ring is 1. The van der Waals surface area contributed by atoms with Gasteiger partial charge in [0.15, 0.2) is 0 Å². The lowest BCUT2D eigenvalue weighted by Gasteiger charge is -2.19. The molecule has 1 heterocycles. The van der Waals surface area contributed by atoms with Gasteiger partial charge in [-0.15, -0.1) is 0 Å². The zero-order valence-electron chi connectivity index (χ0n) is 10.8. The van der Waals surface area contributed by atoms with Crippen molar-refractivity contribution < 1.29 is 9.53 Å². The summed E-state index contributed by atoms with van der Waals surface area (Å²) in [4.78, 5) is 16.0. The van der Waals surface area contributed by atoms with E-state index >= 15 is 0 Å². The van der Waals surface area contributed by atoms with Crippen LogP contribution in [0.2, 0.25) is 0 Å². The number of hydrogen-bond donors (Lipinski definition) is 1. The van der Waals surface area contributed by atoms with Crippen LogP contribution in [0.5, 0.6) is 0 Å². The predicted molar refractivity (Wildman–Crippen MR) is 70.0 cm³/mol. The molecule has 1 aromatic heterocycles. The highest BCUT2D eigenvalue weighted by atomic mass is 16.6. The van der Waals surface area contributed by atoms with Gasteiger partial charge in [0.05, 0.1) is 11.0 Å². The zero-order valence-corrected chi connectivity index (χ0v) is 10.8. The number of nitrogens with zero attached hydrogens (tertiary/aromatic N) is 2. The third-order valence-electron chi connectivity index (χ3n) is 2.39. The first-order valence-corrected chi connectivity index (χ1v) is 5.79. The molecule has 0 atom stereocenters. The van der Waals surface area contributed by atoms with Crippen LogP contribution in [0, 0.1) is 0 Å². The number of fused-ring (bicyclic) bond motifs is 1. The number of rotatable bonds is 2. The van der Waals surface area contributed by atoms with E-state index in [2.05, 4.69) is 4.98 Å². The molecule has 0 saturated carbocycles. The summed E-state index contributed by atoms with van der Waals surface area (Å²) in [5, 5.41) is 0. The van der Waals surface area contributed by atoms with Crippen LogP contribution in [0.3, 0.4) is 0 Å². The molecule has 0 aliphatic carbocycles. The van der Waals surface area contributed by atoms with E-state index < -0.39 is 5.60 Å². The highest BCUT2D eigenvalue weighted by Crippen LogP contribution is 2.18. The van der Waals surface area contributed by atoms with Crippen molar-refractivity contribution in [2.24, 2.45) is 0 Å². The topological polar surface area (TPSA) is 70.1 Å². The molecule has 0 spiro atoms. The van der Waals surface area contributed by atoms with Crippen LogP contribution in [0.25, 0.3) is 11.0 Å². The summed E-state index contributed by atoms with van der Waals surface area (Å²) in [7, 11) is 0. The average Bonchev–Trinajstić information content (AvgIpc) is 2.53. The average molecular weight is 247 g/mol. The molecule has 2 rings (SSSR count). The third kappa shape index (κ3) is 2.61. The molecule has 0 aliphatic rings. The van der Waals surface area contributed by atoms with Gasteiger partial charge in [-0.3, -0.25) is 9.36 Å². The van der Waals surface area contributed by atoms with E-state index in [9.17, 15) is 4.79 Å². The fourth-order valence-corrected chi connectivity index (χ4v) is 1.76. The lowest BCUT2D eigenvalue weighted by molar-refractivity contribution is -0.155. The molecule has 0 unspecified atom stereocenters. The molecule has 0 saturated heterocycles. The van der Waals surface area contributed by atoms with Gasteiger partial charge in [-0.25, -0.2) is 4.98 Å². The number of anilines is 1.